The lowest BCUT2D eigenvalue weighted by Gasteiger charge is -2.17. The highest BCUT2D eigenvalue weighted by molar-refractivity contribution is 7.89. The molecular formula is C14H21NO4S. The number of rotatable bonds is 8. The third kappa shape index (κ3) is 4.13. The zero-order valence-corrected chi connectivity index (χ0v) is 12.9. The molecule has 1 rings (SSSR count). The summed E-state index contributed by atoms with van der Waals surface area (Å²) in [5.74, 6) is -0.0657. The number of ether oxygens (including phenoxy) is 1. The molecule has 0 amide bonds. The fraction of sp³-hybridized carbons (Fsp3) is 0.500. The van der Waals surface area contributed by atoms with Crippen LogP contribution in [0.1, 0.15) is 30.1 Å². The van der Waals surface area contributed by atoms with E-state index in [-0.39, 0.29) is 10.7 Å². The Morgan fingerprint density at radius 1 is 1.35 bits per heavy atom. The lowest BCUT2D eigenvalue weighted by molar-refractivity contribution is 0.0988. The fourth-order valence-electron chi connectivity index (χ4n) is 1.77. The van der Waals surface area contributed by atoms with E-state index in [2.05, 4.69) is 0 Å². The predicted molar refractivity (Wildman–Crippen MR) is 77.4 cm³/mol. The summed E-state index contributed by atoms with van der Waals surface area (Å²) >= 11 is 0. The van der Waals surface area contributed by atoms with Gasteiger partial charge in [-0.25, -0.2) is 12.7 Å². The number of ketones is 1. The number of carbonyl (C=O) groups excluding carboxylic acids is 1. The molecule has 0 radical (unpaired) electrons. The van der Waals surface area contributed by atoms with Crippen molar-refractivity contribution in [2.45, 2.75) is 24.7 Å². The molecule has 6 heteroatoms. The number of Topliss-reactive ketones (excluding diaryl/α,β-unsaturated/α-hetero) is 1. The van der Waals surface area contributed by atoms with Crippen molar-refractivity contribution in [3.63, 3.8) is 0 Å². The van der Waals surface area contributed by atoms with Crippen molar-refractivity contribution in [3.8, 4) is 0 Å². The third-order valence-electron chi connectivity index (χ3n) is 3.01. The maximum atomic E-state index is 12.4. The summed E-state index contributed by atoms with van der Waals surface area (Å²) in [7, 11) is -0.453. The first-order valence-electron chi connectivity index (χ1n) is 6.52. The van der Waals surface area contributed by atoms with E-state index in [1.807, 2.05) is 0 Å². The monoisotopic (exact) mass is 299 g/mol. The van der Waals surface area contributed by atoms with Crippen molar-refractivity contribution < 1.29 is 17.9 Å². The summed E-state index contributed by atoms with van der Waals surface area (Å²) in [6.07, 6.45) is 0.979. The number of benzene rings is 1. The smallest absolute Gasteiger partial charge is 0.242 e. The van der Waals surface area contributed by atoms with Crippen molar-refractivity contribution in [2.24, 2.45) is 0 Å². The molecular weight excluding hydrogens is 278 g/mol. The summed E-state index contributed by atoms with van der Waals surface area (Å²) in [6.45, 7) is 2.64. The maximum absolute atomic E-state index is 12.4. The number of hydrogen-bond acceptors (Lipinski definition) is 4. The van der Waals surface area contributed by atoms with Crippen LogP contribution in [0.25, 0.3) is 0 Å². The minimum absolute atomic E-state index is 0.0657. The van der Waals surface area contributed by atoms with Gasteiger partial charge < -0.3 is 4.74 Å². The summed E-state index contributed by atoms with van der Waals surface area (Å²) < 4.78 is 30.9. The Balaban J connectivity index is 2.94. The van der Waals surface area contributed by atoms with E-state index in [1.165, 1.54) is 23.5 Å². The Bertz CT molecular complexity index is 554. The highest BCUT2D eigenvalue weighted by Gasteiger charge is 2.21. The zero-order valence-electron chi connectivity index (χ0n) is 12.1. The maximum Gasteiger partial charge on any atom is 0.242 e. The number of nitrogens with zero attached hydrogens (tertiary/aromatic N) is 1. The normalized spacial score (nSPS) is 11.8. The minimum Gasteiger partial charge on any atom is -0.385 e. The molecule has 0 saturated heterocycles. The third-order valence-corrected chi connectivity index (χ3v) is 4.86. The molecule has 0 aliphatic heterocycles. The lowest BCUT2D eigenvalue weighted by atomic mass is 10.1. The topological polar surface area (TPSA) is 63.7 Å². The van der Waals surface area contributed by atoms with Crippen molar-refractivity contribution in [2.75, 3.05) is 27.3 Å². The molecule has 0 aliphatic carbocycles. The number of hydrogen-bond donors (Lipinski definition) is 0. The van der Waals surface area contributed by atoms with Crippen LogP contribution in [0.4, 0.5) is 0 Å². The number of sulfonamides is 1. The van der Waals surface area contributed by atoms with Crippen molar-refractivity contribution in [1.29, 1.82) is 0 Å². The minimum atomic E-state index is -3.56. The molecule has 0 spiro atoms. The van der Waals surface area contributed by atoms with E-state index in [1.54, 1.807) is 26.2 Å². The molecule has 0 heterocycles. The summed E-state index contributed by atoms with van der Waals surface area (Å²) in [5, 5.41) is 0. The van der Waals surface area contributed by atoms with E-state index < -0.39 is 10.0 Å². The fourth-order valence-corrected chi connectivity index (χ4v) is 3.02. The Kier molecular flexibility index (Phi) is 6.32. The van der Waals surface area contributed by atoms with Gasteiger partial charge in [-0.15, -0.1) is 0 Å². The van der Waals surface area contributed by atoms with Gasteiger partial charge in [0.05, 0.1) is 4.90 Å². The first kappa shape index (κ1) is 16.8. The second kappa shape index (κ2) is 7.52. The second-order valence-corrected chi connectivity index (χ2v) is 6.52. The van der Waals surface area contributed by atoms with Crippen molar-refractivity contribution in [1.82, 2.24) is 4.31 Å². The molecule has 0 atom stereocenters. The quantitative estimate of drug-likeness (QED) is 0.543. The van der Waals surface area contributed by atoms with Gasteiger partial charge in [-0.2, -0.15) is 0 Å². The van der Waals surface area contributed by atoms with E-state index >= 15 is 0 Å². The molecule has 0 N–H and O–H groups in total. The van der Waals surface area contributed by atoms with Crippen LogP contribution in [0.15, 0.2) is 29.2 Å². The molecule has 0 fully saturated rings. The predicted octanol–water partition coefficient (Wildman–Crippen LogP) is 1.94. The van der Waals surface area contributed by atoms with E-state index in [0.29, 0.717) is 31.6 Å². The standard InChI is InChI=1S/C14H21NO4S/c1-4-14(16)12-7-5-8-13(11-12)20(17,18)15(2)9-6-10-19-3/h5,7-8,11H,4,6,9-10H2,1-3H3. The Labute approximate surface area is 120 Å². The average Bonchev–Trinajstić information content (AvgIpc) is 2.46. The summed E-state index contributed by atoms with van der Waals surface area (Å²) in [4.78, 5) is 11.8. The van der Waals surface area contributed by atoms with Crippen LogP contribution in [0.2, 0.25) is 0 Å². The van der Waals surface area contributed by atoms with Crippen LogP contribution in [-0.2, 0) is 14.8 Å². The average molecular weight is 299 g/mol. The van der Waals surface area contributed by atoms with E-state index in [9.17, 15) is 13.2 Å². The molecule has 0 aromatic heterocycles. The molecule has 20 heavy (non-hydrogen) atoms. The molecule has 0 aliphatic rings. The summed E-state index contributed by atoms with van der Waals surface area (Å²) in [6, 6.07) is 6.18. The van der Waals surface area contributed by atoms with Crippen LogP contribution in [0, 0.1) is 0 Å². The van der Waals surface area contributed by atoms with Crippen molar-refractivity contribution >= 4 is 15.8 Å². The Hall–Kier alpha value is -1.24. The van der Waals surface area contributed by atoms with Crippen molar-refractivity contribution in [3.05, 3.63) is 29.8 Å². The SMILES string of the molecule is CCC(=O)c1cccc(S(=O)(=O)N(C)CCCOC)c1. The van der Waals surface area contributed by atoms with Gasteiger partial charge in [-0.05, 0) is 18.6 Å². The van der Waals surface area contributed by atoms with Gasteiger partial charge in [0.1, 0.15) is 0 Å². The number of carbonyl (C=O) groups is 1. The molecule has 1 aromatic carbocycles. The van der Waals surface area contributed by atoms with Crippen LogP contribution in [0.5, 0.6) is 0 Å². The molecule has 0 saturated carbocycles. The van der Waals surface area contributed by atoms with Crippen LogP contribution in [-0.4, -0.2) is 45.8 Å². The largest absolute Gasteiger partial charge is 0.385 e. The molecule has 0 bridgehead atoms. The first-order chi connectivity index (χ1) is 9.43. The van der Waals surface area contributed by atoms with E-state index in [4.69, 9.17) is 4.74 Å². The van der Waals surface area contributed by atoms with Crippen LogP contribution >= 0.6 is 0 Å². The molecule has 1 aromatic rings. The summed E-state index contributed by atoms with van der Waals surface area (Å²) in [5.41, 5.74) is 0.430. The van der Waals surface area contributed by atoms with Gasteiger partial charge in [0.2, 0.25) is 10.0 Å². The zero-order chi connectivity index (χ0) is 15.2. The second-order valence-electron chi connectivity index (χ2n) is 4.48. The van der Waals surface area contributed by atoms with Gasteiger partial charge in [-0.3, -0.25) is 4.79 Å². The molecule has 5 nitrogen and oxygen atoms in total. The highest BCUT2D eigenvalue weighted by atomic mass is 32.2. The van der Waals surface area contributed by atoms with Gasteiger partial charge in [-0.1, -0.05) is 19.1 Å². The van der Waals surface area contributed by atoms with Gasteiger partial charge >= 0.3 is 0 Å². The lowest BCUT2D eigenvalue weighted by Crippen LogP contribution is -2.28. The Morgan fingerprint density at radius 3 is 2.65 bits per heavy atom. The first-order valence-corrected chi connectivity index (χ1v) is 7.96. The van der Waals surface area contributed by atoms with Gasteiger partial charge in [0, 0.05) is 39.3 Å². The van der Waals surface area contributed by atoms with Crippen LogP contribution < -0.4 is 0 Å². The molecule has 112 valence electrons. The van der Waals surface area contributed by atoms with Crippen LogP contribution in [0.3, 0.4) is 0 Å². The highest BCUT2D eigenvalue weighted by Crippen LogP contribution is 2.17. The van der Waals surface area contributed by atoms with Gasteiger partial charge in [0.25, 0.3) is 0 Å². The molecule has 0 unspecified atom stereocenters. The number of methoxy groups -OCH3 is 1. The Morgan fingerprint density at radius 2 is 2.05 bits per heavy atom. The van der Waals surface area contributed by atoms with Gasteiger partial charge in [0.15, 0.2) is 5.78 Å². The van der Waals surface area contributed by atoms with E-state index in [0.717, 1.165) is 0 Å².